The number of non-ortho nitro benzene ring substituents is 1. The SMILES string of the molecule is CCC[C@@]1(CCc2ccccc2)CC(O)=C([C@H](CC)c2cccc(N)c2)C(=O)O1.CCC[C@@]1(CCc2ccccc2)CC(O)=C([C@H](CC)c2cccc(NS(=O)(=O)c3ccc(C(F)(F)F)cn3)c2)C(=O)O1.CCC[C@@]1(CCc2ccccc2)CC(O)=C([C@H](CC)c2cccc([N+](=O)[O-])c2)C(=O)O1.O=S(=O)(Cl)c1ccc(C(F)(F)F)cc1.[HH].[Na+].[OH-]. The van der Waals surface area contributed by atoms with E-state index >= 15 is 0 Å². The van der Waals surface area contributed by atoms with E-state index in [4.69, 9.17) is 30.6 Å². The molecular weight excluding hydrogens is 1610 g/mol. The molecule has 0 saturated heterocycles. The topological polar surface area (TPSA) is 332 Å². The van der Waals surface area contributed by atoms with Gasteiger partial charge in [0.15, 0.2) is 5.03 Å². The summed E-state index contributed by atoms with van der Waals surface area (Å²) in [4.78, 5) is 53.5. The van der Waals surface area contributed by atoms with Crippen molar-refractivity contribution < 1.29 is 128 Å². The number of halogens is 7. The normalized spacial score (nSPS) is 18.3. The predicted octanol–water partition coefficient (Wildman–Crippen LogP) is 18.7. The van der Waals surface area contributed by atoms with Crippen LogP contribution in [0.5, 0.6) is 0 Å². The summed E-state index contributed by atoms with van der Waals surface area (Å²) in [6.45, 7) is 11.8. The number of carbonyl (C=O) groups excluding carboxylic acids is 3. The second kappa shape index (κ2) is 43.4. The number of aliphatic hydroxyl groups excluding tert-OH is 3. The molecule has 0 radical (unpaired) electrons. The van der Waals surface area contributed by atoms with E-state index in [1.54, 1.807) is 24.3 Å². The number of hydrogen-bond acceptors (Lipinski definition) is 18. The smallest absolute Gasteiger partial charge is 0.870 e. The number of anilines is 2. The van der Waals surface area contributed by atoms with E-state index in [0.29, 0.717) is 111 Å². The molecule has 0 unspecified atom stereocenters. The van der Waals surface area contributed by atoms with Gasteiger partial charge in [0, 0.05) is 78.8 Å². The van der Waals surface area contributed by atoms with Crippen molar-refractivity contribution >= 4 is 64.7 Å². The van der Waals surface area contributed by atoms with Gasteiger partial charge in [0.05, 0.1) is 37.7 Å². The summed E-state index contributed by atoms with van der Waals surface area (Å²) in [6.07, 6.45) is 2.34. The predicted molar refractivity (Wildman–Crippen MR) is 436 cm³/mol. The summed E-state index contributed by atoms with van der Waals surface area (Å²) in [6, 6.07) is 54.4. The van der Waals surface area contributed by atoms with Crippen LogP contribution in [0.1, 0.15) is 202 Å². The first kappa shape index (κ1) is 97.3. The largest absolute Gasteiger partial charge is 1.00 e. The first-order valence-electron chi connectivity index (χ1n) is 38.4. The average molecular weight is 1710 g/mol. The summed E-state index contributed by atoms with van der Waals surface area (Å²) in [7, 11) is -3.35. The number of ether oxygens (including phenoxy) is 3. The Morgan fingerprint density at radius 1 is 0.508 bits per heavy atom. The number of nitro groups is 1. The molecule has 0 spiro atoms. The summed E-state index contributed by atoms with van der Waals surface area (Å²) in [5.74, 6) is -2.63. The third-order valence-corrected chi connectivity index (χ3v) is 23.3. The monoisotopic (exact) mass is 1700 g/mol. The summed E-state index contributed by atoms with van der Waals surface area (Å²) in [5.41, 5.74) is 8.78. The van der Waals surface area contributed by atoms with Gasteiger partial charge in [0.25, 0.3) is 24.8 Å². The summed E-state index contributed by atoms with van der Waals surface area (Å²) < 4.78 is 142. The molecule has 11 rings (SSSR count). The quantitative estimate of drug-likeness (QED) is 0.00425. The van der Waals surface area contributed by atoms with Gasteiger partial charge in [-0.15, -0.1) is 0 Å². The minimum Gasteiger partial charge on any atom is -0.870 e. The summed E-state index contributed by atoms with van der Waals surface area (Å²) >= 11 is 0. The number of rotatable bonds is 29. The number of nitrogens with two attached hydrogens (primary N) is 1. The Bertz CT molecular complexity index is 5040. The number of benzene rings is 7. The van der Waals surface area contributed by atoms with Gasteiger partial charge < -0.3 is 40.7 Å². The van der Waals surface area contributed by atoms with Gasteiger partial charge in [-0.25, -0.2) is 27.8 Å². The number of cyclic esters (lactones) is 3. The molecule has 7 aromatic carbocycles. The van der Waals surface area contributed by atoms with Crippen molar-refractivity contribution in [2.24, 2.45) is 0 Å². The van der Waals surface area contributed by atoms with Crippen LogP contribution in [0.25, 0.3) is 0 Å². The zero-order chi connectivity index (χ0) is 84.8. The molecule has 20 nitrogen and oxygen atoms in total. The van der Waals surface area contributed by atoms with E-state index in [1.807, 2.05) is 138 Å². The van der Waals surface area contributed by atoms with Crippen LogP contribution in [0.15, 0.2) is 250 Å². The number of hydrogen-bond donors (Lipinski definition) is 5. The van der Waals surface area contributed by atoms with Crippen LogP contribution in [0.2, 0.25) is 0 Å². The maximum atomic E-state index is 13.4. The van der Waals surface area contributed by atoms with Crippen LogP contribution < -0.4 is 40.0 Å². The molecule has 3 aliphatic rings. The van der Waals surface area contributed by atoms with Crippen molar-refractivity contribution in [1.82, 2.24) is 4.98 Å². The first-order chi connectivity index (χ1) is 54.9. The van der Waals surface area contributed by atoms with Crippen molar-refractivity contribution in [3.8, 4) is 0 Å². The molecule has 0 fully saturated rings. The Hall–Kier alpha value is -9.55. The molecule has 0 amide bonds. The molecule has 30 heteroatoms. The number of aliphatic hydroxyl groups is 3. The van der Waals surface area contributed by atoms with Crippen LogP contribution in [-0.2, 0) is 79.3 Å². The molecule has 0 bridgehead atoms. The van der Waals surface area contributed by atoms with E-state index in [1.165, 1.54) is 29.8 Å². The minimum atomic E-state index is -4.65. The number of sulfonamides is 1. The zero-order valence-electron chi connectivity index (χ0n) is 66.7. The van der Waals surface area contributed by atoms with Gasteiger partial charge in [-0.05, 0) is 171 Å². The molecule has 118 heavy (non-hydrogen) atoms. The van der Waals surface area contributed by atoms with E-state index < -0.39 is 99.0 Å². The fourth-order valence-corrected chi connectivity index (χ4v) is 16.8. The fraction of sp³-hybridized carbons (Fsp3) is 0.364. The van der Waals surface area contributed by atoms with Gasteiger partial charge in [0.1, 0.15) is 34.1 Å². The maximum absolute atomic E-state index is 13.4. The molecule has 3 aliphatic heterocycles. The molecular formula is C88H100ClF6N4NaO16S2. The first-order valence-corrected chi connectivity index (χ1v) is 42.2. The van der Waals surface area contributed by atoms with E-state index in [9.17, 15) is 83.0 Å². The number of nitrogens with zero attached hydrogens (tertiary/aromatic N) is 2. The van der Waals surface area contributed by atoms with Crippen LogP contribution in [0.3, 0.4) is 0 Å². The molecule has 1 aromatic heterocycles. The van der Waals surface area contributed by atoms with Gasteiger partial charge in [-0.2, -0.15) is 34.8 Å². The van der Waals surface area contributed by atoms with E-state index in [2.05, 4.69) is 28.8 Å². The number of alkyl halides is 6. The Kier molecular flexibility index (Phi) is 35.8. The van der Waals surface area contributed by atoms with E-state index in [0.717, 1.165) is 73.4 Å². The third kappa shape index (κ3) is 26.5. The number of pyridine rings is 1. The third-order valence-electron chi connectivity index (χ3n) is 20.7. The molecule has 7 N–H and O–H groups in total. The number of esters is 3. The second-order valence-corrected chi connectivity index (χ2v) is 33.2. The van der Waals surface area contributed by atoms with Crippen LogP contribution >= 0.6 is 10.7 Å². The number of nitro benzene ring substituents is 1. The zero-order valence-corrected chi connectivity index (χ0v) is 71.1. The molecule has 0 aliphatic carbocycles. The number of carbonyl (C=O) groups is 3. The molecule has 630 valence electrons. The van der Waals surface area contributed by atoms with Gasteiger partial charge >= 0.3 is 59.8 Å². The van der Waals surface area contributed by atoms with Crippen molar-refractivity contribution in [3.05, 3.63) is 295 Å². The average Bonchev–Trinajstić information content (AvgIpc) is 0.779. The molecule has 4 heterocycles. The van der Waals surface area contributed by atoms with Crippen molar-refractivity contribution in [2.45, 2.75) is 214 Å². The molecule has 6 atom stereocenters. The molecule has 8 aromatic rings. The van der Waals surface area contributed by atoms with Crippen LogP contribution in [0.4, 0.5) is 43.4 Å². The standard InChI is InChI=1S/C31H33F3N2O5S.C25H29NO5.C25H31NO3.C7H4ClF3O2S.Na.H2O.H2/c1-3-16-30(17-15-21-9-6-5-7-10-21)19-26(37)28(29(38)41-30)25(4-2)22-11-8-12-24(18-22)36-42(39,40)27-14-13-23(20-35-27)31(32,33)34;1-3-14-25(15-13-18-9-6-5-7-10-18)17-22(27)23(24(28)31-25)21(4-2)19-11-8-12-20(16-19)26(29)30;1-3-14-25(15-13-18-9-6-5-7-10-18)17-22(27)23(24(28)29-25)21(4-2)19-11-8-12-20(26)16-19;8-14(12,13)6-3-1-5(2-4-6)7(9,10)11;;;/h5-14,18,20,25,36-37H,3-4,15-17,19H2,1-2H3;5-12,16,21,27H,3-4,13-15,17H2,1-2H3;5-12,16,21,27H,3-4,13-15,17,26H2,1-2H3;1-4H;;1H2;1H/q;;;;+1;;/p-1/t25-,30-;2*21-,25-;;;;/m111..../s1. The van der Waals surface area contributed by atoms with Crippen molar-refractivity contribution in [3.63, 3.8) is 0 Å². The fourth-order valence-electron chi connectivity index (χ4n) is 15.1. The van der Waals surface area contributed by atoms with Gasteiger partial charge in [-0.3, -0.25) is 14.8 Å². The van der Waals surface area contributed by atoms with Crippen molar-refractivity contribution in [2.75, 3.05) is 10.5 Å². The number of aromatic nitrogens is 1. The van der Waals surface area contributed by atoms with Crippen LogP contribution in [-0.4, -0.2) is 82.2 Å². The van der Waals surface area contributed by atoms with E-state index in [-0.39, 0.29) is 99.9 Å². The Labute approximate surface area is 712 Å². The minimum absolute atomic E-state index is 0. The molecule has 0 saturated carbocycles. The number of nitrogens with one attached hydrogen (secondary N) is 1. The van der Waals surface area contributed by atoms with Gasteiger partial charge in [-0.1, -0.05) is 188 Å². The maximum Gasteiger partial charge on any atom is 1.00 e. The Balaban J connectivity index is 0.000000295. The van der Waals surface area contributed by atoms with Gasteiger partial charge in [0.2, 0.25) is 0 Å². The Morgan fingerprint density at radius 2 is 0.864 bits per heavy atom. The van der Waals surface area contributed by atoms with Crippen LogP contribution in [0, 0.1) is 10.1 Å². The number of nitrogen functional groups attached to an aromatic ring is 1. The summed E-state index contributed by atoms with van der Waals surface area (Å²) in [5, 5.41) is 43.8. The number of aryl methyl sites for hydroxylation is 3. The van der Waals surface area contributed by atoms with Crippen molar-refractivity contribution in [1.29, 1.82) is 0 Å². The Morgan fingerprint density at radius 3 is 1.19 bits per heavy atom. The second-order valence-electron chi connectivity index (χ2n) is 29.0.